The molecule has 0 amide bonds. The number of pyridine rings is 1. The van der Waals surface area contributed by atoms with Gasteiger partial charge in [-0.1, -0.05) is 4.47 Å². The Morgan fingerprint density at radius 3 is 2.81 bits per heavy atom. The van der Waals surface area contributed by atoms with Crippen LogP contribution < -0.4 is 0 Å². The van der Waals surface area contributed by atoms with Crippen molar-refractivity contribution in [2.45, 2.75) is 17.7 Å². The molecule has 0 saturated carbocycles. The maximum atomic E-state index is 12.9. The Balaban J connectivity index is 2.30. The van der Waals surface area contributed by atoms with Crippen molar-refractivity contribution in [3.8, 4) is 0 Å². The fraction of sp³-hybridized carbons (Fsp3) is 0.444. The molecule has 1 saturated heterocycles. The summed E-state index contributed by atoms with van der Waals surface area (Å²) >= 11 is 0. The van der Waals surface area contributed by atoms with E-state index in [0.717, 1.165) is 35.8 Å². The van der Waals surface area contributed by atoms with E-state index in [2.05, 4.69) is 4.98 Å². The summed E-state index contributed by atoms with van der Waals surface area (Å²) in [5, 5.41) is 0. The smallest absolute Gasteiger partial charge is 0.266 e. The van der Waals surface area contributed by atoms with Gasteiger partial charge in [0.2, 0.25) is 0 Å². The van der Waals surface area contributed by atoms with Crippen LogP contribution in [0.3, 0.4) is 0 Å². The minimum absolute atomic E-state index is 0.186. The number of hydrogen-bond donors (Lipinski definition) is 0. The molecule has 0 atom stereocenters. The van der Waals surface area contributed by atoms with E-state index in [-0.39, 0.29) is 4.90 Å². The molecule has 5 nitrogen and oxygen atoms in total. The molecular formula is C9H11FN2O3S. The van der Waals surface area contributed by atoms with Gasteiger partial charge in [-0.05, 0) is 18.9 Å². The van der Waals surface area contributed by atoms with Crippen LogP contribution in [0, 0.1) is 5.82 Å². The molecule has 88 valence electrons. The number of hydroxylamine groups is 1. The second-order valence-corrected chi connectivity index (χ2v) is 5.24. The van der Waals surface area contributed by atoms with Crippen LogP contribution in [-0.2, 0) is 14.9 Å². The summed E-state index contributed by atoms with van der Waals surface area (Å²) < 4.78 is 37.6. The predicted molar refractivity (Wildman–Crippen MR) is 53.3 cm³/mol. The van der Waals surface area contributed by atoms with Crippen molar-refractivity contribution in [1.29, 1.82) is 0 Å². The molecule has 0 aromatic carbocycles. The third kappa shape index (κ3) is 2.21. The molecule has 0 bridgehead atoms. The second-order valence-electron chi connectivity index (χ2n) is 3.41. The Kier molecular flexibility index (Phi) is 3.17. The minimum atomic E-state index is -3.78. The molecule has 7 heteroatoms. The molecule has 1 aromatic rings. The highest BCUT2D eigenvalue weighted by Gasteiger charge is 2.27. The van der Waals surface area contributed by atoms with Gasteiger partial charge >= 0.3 is 0 Å². The van der Waals surface area contributed by atoms with E-state index >= 15 is 0 Å². The van der Waals surface area contributed by atoms with E-state index in [1.54, 1.807) is 0 Å². The Hall–Kier alpha value is -1.05. The van der Waals surface area contributed by atoms with E-state index in [1.165, 1.54) is 0 Å². The SMILES string of the molecule is O=S(=O)(c1cncc(F)c1)N1CCCCO1. The van der Waals surface area contributed by atoms with Gasteiger partial charge in [0.1, 0.15) is 10.7 Å². The third-order valence-electron chi connectivity index (χ3n) is 2.22. The first kappa shape index (κ1) is 11.4. The molecule has 0 spiro atoms. The predicted octanol–water partition coefficient (Wildman–Crippen LogP) is 0.937. The van der Waals surface area contributed by atoms with Crippen LogP contribution in [0.4, 0.5) is 4.39 Å². The Morgan fingerprint density at radius 1 is 1.38 bits per heavy atom. The van der Waals surface area contributed by atoms with Crippen molar-refractivity contribution in [3.63, 3.8) is 0 Å². The Morgan fingerprint density at radius 2 is 2.19 bits per heavy atom. The number of sulfonamides is 1. The number of rotatable bonds is 2. The molecule has 16 heavy (non-hydrogen) atoms. The van der Waals surface area contributed by atoms with Crippen LogP contribution in [0.5, 0.6) is 0 Å². The first-order valence-corrected chi connectivity index (χ1v) is 6.31. The highest BCUT2D eigenvalue weighted by atomic mass is 32.2. The maximum absolute atomic E-state index is 12.9. The highest BCUT2D eigenvalue weighted by Crippen LogP contribution is 2.19. The number of halogens is 1. The lowest BCUT2D eigenvalue weighted by Crippen LogP contribution is -2.35. The lowest BCUT2D eigenvalue weighted by Gasteiger charge is -2.24. The van der Waals surface area contributed by atoms with Crippen LogP contribution >= 0.6 is 0 Å². The summed E-state index contributed by atoms with van der Waals surface area (Å²) in [6, 6.07) is 0.931. The number of hydrogen-bond acceptors (Lipinski definition) is 4. The molecule has 2 rings (SSSR count). The summed E-state index contributed by atoms with van der Waals surface area (Å²) in [6.45, 7) is 0.654. The zero-order chi connectivity index (χ0) is 11.6. The summed E-state index contributed by atoms with van der Waals surface area (Å²) in [7, 11) is -3.78. The van der Waals surface area contributed by atoms with E-state index < -0.39 is 15.8 Å². The van der Waals surface area contributed by atoms with Gasteiger partial charge in [-0.15, -0.1) is 0 Å². The molecule has 1 aromatic heterocycles. The van der Waals surface area contributed by atoms with E-state index in [4.69, 9.17) is 4.84 Å². The van der Waals surface area contributed by atoms with Gasteiger partial charge in [-0.2, -0.15) is 0 Å². The molecule has 0 aliphatic carbocycles. The average Bonchev–Trinajstić information content (AvgIpc) is 2.30. The molecule has 1 aliphatic rings. The quantitative estimate of drug-likeness (QED) is 0.779. The summed E-state index contributed by atoms with van der Waals surface area (Å²) in [6.07, 6.45) is 3.63. The molecule has 0 N–H and O–H groups in total. The largest absolute Gasteiger partial charge is 0.284 e. The van der Waals surface area contributed by atoms with Crippen LogP contribution in [0.15, 0.2) is 23.4 Å². The zero-order valence-corrected chi connectivity index (χ0v) is 9.28. The topological polar surface area (TPSA) is 59.5 Å². The molecule has 2 heterocycles. The van der Waals surface area contributed by atoms with Gasteiger partial charge < -0.3 is 0 Å². The van der Waals surface area contributed by atoms with Crippen LogP contribution in [0.1, 0.15) is 12.8 Å². The normalized spacial score (nSPS) is 18.6. The molecule has 0 radical (unpaired) electrons. The van der Waals surface area contributed by atoms with E-state index in [9.17, 15) is 12.8 Å². The molecule has 1 aliphatic heterocycles. The zero-order valence-electron chi connectivity index (χ0n) is 8.47. The van der Waals surface area contributed by atoms with E-state index in [0.29, 0.717) is 13.2 Å². The van der Waals surface area contributed by atoms with Gasteiger partial charge in [0.05, 0.1) is 12.8 Å². The monoisotopic (exact) mass is 246 g/mol. The first-order chi connectivity index (χ1) is 7.60. The highest BCUT2D eigenvalue weighted by molar-refractivity contribution is 7.89. The minimum Gasteiger partial charge on any atom is -0.284 e. The van der Waals surface area contributed by atoms with Gasteiger partial charge in [-0.3, -0.25) is 9.82 Å². The third-order valence-corrected chi connectivity index (χ3v) is 3.86. The maximum Gasteiger partial charge on any atom is 0.266 e. The fourth-order valence-corrected chi connectivity index (χ4v) is 2.69. The summed E-state index contributed by atoms with van der Waals surface area (Å²) in [5.41, 5.74) is 0. The van der Waals surface area contributed by atoms with Crippen molar-refractivity contribution < 1.29 is 17.6 Å². The average molecular weight is 246 g/mol. The van der Waals surface area contributed by atoms with Crippen molar-refractivity contribution in [2.24, 2.45) is 0 Å². The van der Waals surface area contributed by atoms with Crippen molar-refractivity contribution in [3.05, 3.63) is 24.3 Å². The standard InChI is InChI=1S/C9H11FN2O3S/c10-8-5-9(7-11-6-8)16(13,14)12-3-1-2-4-15-12/h5-7H,1-4H2. The summed E-state index contributed by atoms with van der Waals surface area (Å²) in [4.78, 5) is 8.36. The van der Waals surface area contributed by atoms with Gasteiger partial charge in [-0.25, -0.2) is 12.8 Å². The summed E-state index contributed by atoms with van der Waals surface area (Å²) in [5.74, 6) is -0.682. The Bertz CT molecular complexity index is 471. The Labute approximate surface area is 92.9 Å². The van der Waals surface area contributed by atoms with Crippen molar-refractivity contribution in [2.75, 3.05) is 13.2 Å². The fourth-order valence-electron chi connectivity index (χ4n) is 1.41. The number of nitrogens with zero attached hydrogens (tertiary/aromatic N) is 2. The molecule has 1 fully saturated rings. The van der Waals surface area contributed by atoms with E-state index in [1.807, 2.05) is 0 Å². The van der Waals surface area contributed by atoms with Crippen LogP contribution in [0.25, 0.3) is 0 Å². The van der Waals surface area contributed by atoms with Gasteiger partial charge in [0.15, 0.2) is 0 Å². The lowest BCUT2D eigenvalue weighted by molar-refractivity contribution is -0.108. The number of aromatic nitrogens is 1. The van der Waals surface area contributed by atoms with Crippen molar-refractivity contribution in [1.82, 2.24) is 9.45 Å². The van der Waals surface area contributed by atoms with Crippen molar-refractivity contribution >= 4 is 10.0 Å². The molecular weight excluding hydrogens is 235 g/mol. The van der Waals surface area contributed by atoms with Crippen LogP contribution in [0.2, 0.25) is 0 Å². The first-order valence-electron chi connectivity index (χ1n) is 4.87. The van der Waals surface area contributed by atoms with Gasteiger partial charge in [0, 0.05) is 12.7 Å². The second kappa shape index (κ2) is 4.44. The lowest BCUT2D eigenvalue weighted by atomic mass is 10.3. The van der Waals surface area contributed by atoms with Gasteiger partial charge in [0.25, 0.3) is 10.0 Å². The van der Waals surface area contributed by atoms with Crippen LogP contribution in [-0.4, -0.2) is 31.0 Å². The molecule has 0 unspecified atom stereocenters.